The average Bonchev–Trinajstić information content (AvgIpc) is 2.46. The Bertz CT molecular complexity index is 474. The maximum absolute atomic E-state index is 12.6. The predicted octanol–water partition coefficient (Wildman–Crippen LogP) is 1.93. The van der Waals surface area contributed by atoms with Crippen LogP contribution in [0, 0.1) is 5.92 Å². The fourth-order valence-corrected chi connectivity index (χ4v) is 3.60. The molecule has 0 aromatic carbocycles. The molecule has 2 fully saturated rings. The van der Waals surface area contributed by atoms with Crippen LogP contribution in [0.1, 0.15) is 42.6 Å². The number of aromatic nitrogens is 2. The summed E-state index contributed by atoms with van der Waals surface area (Å²) < 4.78 is 4.98. The van der Waals surface area contributed by atoms with Crippen molar-refractivity contribution in [2.45, 2.75) is 44.2 Å². The Balaban J connectivity index is 1.74. The number of carbonyl (C=O) groups is 1. The van der Waals surface area contributed by atoms with Crippen LogP contribution in [0.15, 0.2) is 12.1 Å². The number of carbonyl (C=O) groups excluding carboxylic acids is 1. The molecule has 2 unspecified atom stereocenters. The highest BCUT2D eigenvalue weighted by molar-refractivity contribution is 5.96. The minimum absolute atomic E-state index is 0.101. The summed E-state index contributed by atoms with van der Waals surface area (Å²) in [5.41, 5.74) is 0.471. The molecule has 2 saturated heterocycles. The topological polar surface area (TPSA) is 55.3 Å². The normalized spacial score (nSPS) is 30.0. The SMILES string of the molecule is COc1ccc(C(=O)C2CC3CCCC(C2)N3C)nn1. The molecule has 5 heteroatoms. The van der Waals surface area contributed by atoms with Crippen LogP contribution in [-0.4, -0.2) is 47.1 Å². The van der Waals surface area contributed by atoms with Crippen molar-refractivity contribution in [3.63, 3.8) is 0 Å². The molecule has 2 aliphatic heterocycles. The number of hydrogen-bond donors (Lipinski definition) is 0. The molecule has 3 rings (SSSR count). The standard InChI is InChI=1S/C15H21N3O2/c1-18-11-4-3-5-12(18)9-10(8-11)15(19)13-6-7-14(20-2)17-16-13/h6-7,10-12H,3-5,8-9H2,1-2H3. The molecule has 3 heterocycles. The zero-order valence-electron chi connectivity index (χ0n) is 12.1. The predicted molar refractivity (Wildman–Crippen MR) is 74.8 cm³/mol. The minimum atomic E-state index is 0.101. The third kappa shape index (κ3) is 2.42. The molecule has 2 aliphatic rings. The van der Waals surface area contributed by atoms with Gasteiger partial charge in [-0.25, -0.2) is 0 Å². The van der Waals surface area contributed by atoms with E-state index < -0.39 is 0 Å². The fourth-order valence-electron chi connectivity index (χ4n) is 3.60. The van der Waals surface area contributed by atoms with Crippen LogP contribution in [0.5, 0.6) is 5.88 Å². The maximum atomic E-state index is 12.6. The quantitative estimate of drug-likeness (QED) is 0.789. The van der Waals surface area contributed by atoms with Crippen LogP contribution in [0.2, 0.25) is 0 Å². The molecule has 5 nitrogen and oxygen atoms in total. The van der Waals surface area contributed by atoms with E-state index in [0.29, 0.717) is 23.7 Å². The molecule has 0 N–H and O–H groups in total. The number of rotatable bonds is 3. The zero-order valence-corrected chi connectivity index (χ0v) is 12.1. The molecule has 2 bridgehead atoms. The second kappa shape index (κ2) is 5.48. The highest BCUT2D eigenvalue weighted by Gasteiger charge is 2.39. The van der Waals surface area contributed by atoms with Crippen molar-refractivity contribution in [3.8, 4) is 5.88 Å². The molecule has 2 atom stereocenters. The van der Waals surface area contributed by atoms with Crippen molar-refractivity contribution in [3.05, 3.63) is 17.8 Å². The highest BCUT2D eigenvalue weighted by Crippen LogP contribution is 2.36. The Kier molecular flexibility index (Phi) is 3.70. The van der Waals surface area contributed by atoms with Crippen LogP contribution in [-0.2, 0) is 0 Å². The van der Waals surface area contributed by atoms with Crippen LogP contribution in [0.25, 0.3) is 0 Å². The van der Waals surface area contributed by atoms with E-state index in [1.165, 1.54) is 19.3 Å². The number of methoxy groups -OCH3 is 1. The lowest BCUT2D eigenvalue weighted by atomic mass is 9.76. The van der Waals surface area contributed by atoms with E-state index in [-0.39, 0.29) is 11.7 Å². The summed E-state index contributed by atoms with van der Waals surface area (Å²) in [6, 6.07) is 4.54. The van der Waals surface area contributed by atoms with Crippen molar-refractivity contribution in [2.75, 3.05) is 14.2 Å². The van der Waals surface area contributed by atoms with Crippen LogP contribution in [0.3, 0.4) is 0 Å². The number of Topliss-reactive ketones (excluding diaryl/α,β-unsaturated/α-hetero) is 1. The van der Waals surface area contributed by atoms with Gasteiger partial charge in [0.15, 0.2) is 5.78 Å². The van der Waals surface area contributed by atoms with Gasteiger partial charge in [0.2, 0.25) is 5.88 Å². The van der Waals surface area contributed by atoms with Gasteiger partial charge >= 0.3 is 0 Å². The molecule has 1 aromatic rings. The van der Waals surface area contributed by atoms with Gasteiger partial charge in [-0.05, 0) is 38.8 Å². The second-order valence-electron chi connectivity index (χ2n) is 5.90. The van der Waals surface area contributed by atoms with Crippen molar-refractivity contribution in [2.24, 2.45) is 5.92 Å². The minimum Gasteiger partial charge on any atom is -0.480 e. The summed E-state index contributed by atoms with van der Waals surface area (Å²) in [7, 11) is 3.74. The van der Waals surface area contributed by atoms with Crippen LogP contribution < -0.4 is 4.74 Å². The van der Waals surface area contributed by atoms with Gasteiger partial charge in [0.1, 0.15) is 5.69 Å². The van der Waals surface area contributed by atoms with Crippen LogP contribution >= 0.6 is 0 Å². The molecular formula is C15H21N3O2. The van der Waals surface area contributed by atoms with Crippen LogP contribution in [0.4, 0.5) is 0 Å². The number of piperidine rings is 2. The zero-order chi connectivity index (χ0) is 14.1. The number of fused-ring (bicyclic) bond motifs is 2. The lowest BCUT2D eigenvalue weighted by Crippen LogP contribution is -2.51. The first-order valence-electron chi connectivity index (χ1n) is 7.33. The summed E-state index contributed by atoms with van der Waals surface area (Å²) in [5.74, 6) is 0.691. The monoisotopic (exact) mass is 275 g/mol. The average molecular weight is 275 g/mol. The number of nitrogens with zero attached hydrogens (tertiary/aromatic N) is 3. The molecule has 0 radical (unpaired) electrons. The molecule has 108 valence electrons. The molecule has 0 saturated carbocycles. The third-order valence-electron chi connectivity index (χ3n) is 4.81. The van der Waals surface area contributed by atoms with Gasteiger partial charge in [0, 0.05) is 24.1 Å². The molecule has 0 spiro atoms. The summed E-state index contributed by atoms with van der Waals surface area (Å²) >= 11 is 0. The first-order chi connectivity index (χ1) is 9.69. The van der Waals surface area contributed by atoms with Gasteiger partial charge in [-0.2, -0.15) is 0 Å². The molecule has 0 aliphatic carbocycles. The smallest absolute Gasteiger partial charge is 0.233 e. The van der Waals surface area contributed by atoms with Gasteiger partial charge in [-0.15, -0.1) is 10.2 Å². The summed E-state index contributed by atoms with van der Waals surface area (Å²) in [5, 5.41) is 7.90. The van der Waals surface area contributed by atoms with Gasteiger partial charge in [0.25, 0.3) is 0 Å². The van der Waals surface area contributed by atoms with E-state index in [2.05, 4.69) is 22.1 Å². The molecule has 20 heavy (non-hydrogen) atoms. The maximum Gasteiger partial charge on any atom is 0.233 e. The first kappa shape index (κ1) is 13.5. The fraction of sp³-hybridized carbons (Fsp3) is 0.667. The molecular weight excluding hydrogens is 254 g/mol. The first-order valence-corrected chi connectivity index (χ1v) is 7.33. The van der Waals surface area contributed by atoms with E-state index in [9.17, 15) is 4.79 Å². The van der Waals surface area contributed by atoms with Gasteiger partial charge in [-0.3, -0.25) is 4.79 Å². The number of hydrogen-bond acceptors (Lipinski definition) is 5. The van der Waals surface area contributed by atoms with Gasteiger partial charge in [-0.1, -0.05) is 6.42 Å². The summed E-state index contributed by atoms with van der Waals surface area (Å²) in [4.78, 5) is 15.0. The lowest BCUT2D eigenvalue weighted by Gasteiger charge is -2.46. The number of ketones is 1. The van der Waals surface area contributed by atoms with E-state index in [4.69, 9.17) is 4.74 Å². The Hall–Kier alpha value is -1.49. The largest absolute Gasteiger partial charge is 0.480 e. The van der Waals surface area contributed by atoms with E-state index >= 15 is 0 Å². The van der Waals surface area contributed by atoms with E-state index in [0.717, 1.165) is 12.8 Å². The Morgan fingerprint density at radius 3 is 2.50 bits per heavy atom. The van der Waals surface area contributed by atoms with E-state index in [1.807, 2.05) is 0 Å². The highest BCUT2D eigenvalue weighted by atomic mass is 16.5. The van der Waals surface area contributed by atoms with Gasteiger partial charge in [0.05, 0.1) is 7.11 Å². The molecule has 0 amide bonds. The lowest BCUT2D eigenvalue weighted by molar-refractivity contribution is 0.0336. The van der Waals surface area contributed by atoms with Crippen molar-refractivity contribution < 1.29 is 9.53 Å². The Morgan fingerprint density at radius 1 is 1.25 bits per heavy atom. The van der Waals surface area contributed by atoms with E-state index in [1.54, 1.807) is 19.2 Å². The third-order valence-corrected chi connectivity index (χ3v) is 4.81. The van der Waals surface area contributed by atoms with Crippen molar-refractivity contribution >= 4 is 5.78 Å². The second-order valence-corrected chi connectivity index (χ2v) is 5.90. The molecule has 1 aromatic heterocycles. The summed E-state index contributed by atoms with van der Waals surface area (Å²) in [6.07, 6.45) is 5.64. The Labute approximate surface area is 119 Å². The van der Waals surface area contributed by atoms with Gasteiger partial charge < -0.3 is 9.64 Å². The number of ether oxygens (including phenoxy) is 1. The summed E-state index contributed by atoms with van der Waals surface area (Å²) in [6.45, 7) is 0. The van der Waals surface area contributed by atoms with Crippen molar-refractivity contribution in [1.82, 2.24) is 15.1 Å². The Morgan fingerprint density at radius 2 is 1.95 bits per heavy atom. The van der Waals surface area contributed by atoms with Crippen molar-refractivity contribution in [1.29, 1.82) is 0 Å².